The van der Waals surface area contributed by atoms with E-state index in [0.29, 0.717) is 23.7 Å². The zero-order valence-electron chi connectivity index (χ0n) is 12.2. The molecule has 4 heteroatoms. The molecule has 114 valence electrons. The molecule has 21 heavy (non-hydrogen) atoms. The number of aliphatic hydroxyl groups is 2. The average Bonchev–Trinajstić information content (AvgIpc) is 2.49. The first-order valence-electron chi connectivity index (χ1n) is 7.47. The lowest BCUT2D eigenvalue weighted by molar-refractivity contribution is 0.111. The van der Waals surface area contributed by atoms with Crippen molar-refractivity contribution < 1.29 is 14.6 Å². The number of rotatable bonds is 4. The second-order valence-corrected chi connectivity index (χ2v) is 5.40. The number of hydrogen-bond acceptors (Lipinski definition) is 3. The lowest BCUT2D eigenvalue weighted by Gasteiger charge is -2.35. The van der Waals surface area contributed by atoms with E-state index in [4.69, 9.17) is 10.2 Å². The third-order valence-corrected chi connectivity index (χ3v) is 3.95. The van der Waals surface area contributed by atoms with Crippen molar-refractivity contribution in [3.8, 4) is 11.8 Å². The van der Waals surface area contributed by atoms with E-state index in [1.807, 2.05) is 0 Å². The Hall–Kier alpha value is -1.41. The highest BCUT2D eigenvalue weighted by atomic mass is 19.1. The fourth-order valence-corrected chi connectivity index (χ4v) is 2.86. The highest BCUT2D eigenvalue weighted by Gasteiger charge is 2.22. The quantitative estimate of drug-likeness (QED) is 0.833. The van der Waals surface area contributed by atoms with E-state index in [-0.39, 0.29) is 19.0 Å². The molecular weight excluding hydrogens is 269 g/mol. The van der Waals surface area contributed by atoms with E-state index in [9.17, 15) is 4.39 Å². The van der Waals surface area contributed by atoms with Gasteiger partial charge in [-0.2, -0.15) is 0 Å². The number of piperidine rings is 1. The van der Waals surface area contributed by atoms with E-state index in [2.05, 4.69) is 16.7 Å². The number of benzene rings is 1. The second kappa shape index (κ2) is 8.14. The standard InChI is InChI=1S/C17H22FNO2/c18-17-12-14(4-3-10-20)6-7-15(17)13-19-9-2-1-5-16(19)8-11-21/h6-7,12,16,20-21H,1-2,5,8-11,13H2. The van der Waals surface area contributed by atoms with Crippen LogP contribution in [0.15, 0.2) is 18.2 Å². The summed E-state index contributed by atoms with van der Waals surface area (Å²) in [6.07, 6.45) is 4.13. The van der Waals surface area contributed by atoms with Crippen LogP contribution in [0, 0.1) is 17.7 Å². The lowest BCUT2D eigenvalue weighted by Crippen LogP contribution is -2.39. The molecule has 1 aliphatic heterocycles. The van der Waals surface area contributed by atoms with Crippen molar-refractivity contribution in [2.45, 2.75) is 38.3 Å². The van der Waals surface area contributed by atoms with Crippen molar-refractivity contribution in [1.29, 1.82) is 0 Å². The number of likely N-dealkylation sites (tertiary alicyclic amines) is 1. The Kier molecular flexibility index (Phi) is 6.19. The van der Waals surface area contributed by atoms with Gasteiger partial charge in [0.1, 0.15) is 12.4 Å². The molecule has 0 spiro atoms. The van der Waals surface area contributed by atoms with Crippen LogP contribution in [0.3, 0.4) is 0 Å². The van der Waals surface area contributed by atoms with E-state index >= 15 is 0 Å². The fourth-order valence-electron chi connectivity index (χ4n) is 2.86. The first-order valence-corrected chi connectivity index (χ1v) is 7.47. The van der Waals surface area contributed by atoms with Gasteiger partial charge < -0.3 is 10.2 Å². The first-order chi connectivity index (χ1) is 10.2. The molecule has 0 amide bonds. The van der Waals surface area contributed by atoms with Gasteiger partial charge in [0.25, 0.3) is 0 Å². The van der Waals surface area contributed by atoms with Crippen LogP contribution in [0.25, 0.3) is 0 Å². The molecule has 1 aromatic rings. The van der Waals surface area contributed by atoms with Gasteiger partial charge in [0.2, 0.25) is 0 Å². The molecule has 1 unspecified atom stereocenters. The summed E-state index contributed by atoms with van der Waals surface area (Å²) in [4.78, 5) is 2.26. The summed E-state index contributed by atoms with van der Waals surface area (Å²) < 4.78 is 14.1. The minimum Gasteiger partial charge on any atom is -0.396 e. The largest absolute Gasteiger partial charge is 0.396 e. The van der Waals surface area contributed by atoms with Crippen LogP contribution in [-0.4, -0.2) is 40.9 Å². The zero-order valence-corrected chi connectivity index (χ0v) is 12.2. The lowest BCUT2D eigenvalue weighted by atomic mass is 9.98. The Balaban J connectivity index is 2.07. The summed E-state index contributed by atoms with van der Waals surface area (Å²) in [5.41, 5.74) is 1.24. The van der Waals surface area contributed by atoms with Crippen LogP contribution in [0.5, 0.6) is 0 Å². The molecule has 1 aromatic carbocycles. The maximum Gasteiger partial charge on any atom is 0.128 e. The molecule has 0 saturated carbocycles. The molecule has 0 aliphatic carbocycles. The van der Waals surface area contributed by atoms with Crippen LogP contribution in [0.2, 0.25) is 0 Å². The van der Waals surface area contributed by atoms with Crippen LogP contribution in [-0.2, 0) is 6.54 Å². The third-order valence-electron chi connectivity index (χ3n) is 3.95. The molecule has 2 rings (SSSR count). The van der Waals surface area contributed by atoms with Crippen molar-refractivity contribution in [2.75, 3.05) is 19.8 Å². The van der Waals surface area contributed by atoms with Crippen LogP contribution in [0.1, 0.15) is 36.8 Å². The van der Waals surface area contributed by atoms with E-state index in [1.54, 1.807) is 12.1 Å². The van der Waals surface area contributed by atoms with Gasteiger partial charge in [0.15, 0.2) is 0 Å². The Morgan fingerprint density at radius 3 is 2.86 bits per heavy atom. The third kappa shape index (κ3) is 4.53. The maximum absolute atomic E-state index is 14.1. The monoisotopic (exact) mass is 291 g/mol. The van der Waals surface area contributed by atoms with E-state index in [1.165, 1.54) is 12.5 Å². The smallest absolute Gasteiger partial charge is 0.128 e. The van der Waals surface area contributed by atoms with Crippen molar-refractivity contribution in [3.05, 3.63) is 35.1 Å². The first kappa shape index (κ1) is 16.0. The van der Waals surface area contributed by atoms with Crippen molar-refractivity contribution in [1.82, 2.24) is 4.90 Å². The molecular formula is C17H22FNO2. The predicted octanol–water partition coefficient (Wildman–Crippen LogP) is 1.91. The normalized spacial score (nSPS) is 19.1. The fraction of sp³-hybridized carbons (Fsp3) is 0.529. The molecule has 0 bridgehead atoms. The Morgan fingerprint density at radius 2 is 2.14 bits per heavy atom. The summed E-state index contributed by atoms with van der Waals surface area (Å²) in [6.45, 7) is 1.49. The van der Waals surface area contributed by atoms with Crippen molar-refractivity contribution in [2.24, 2.45) is 0 Å². The highest BCUT2D eigenvalue weighted by Crippen LogP contribution is 2.23. The van der Waals surface area contributed by atoms with E-state index in [0.717, 1.165) is 25.8 Å². The average molecular weight is 291 g/mol. The van der Waals surface area contributed by atoms with Gasteiger partial charge in [0.05, 0.1) is 0 Å². The minimum atomic E-state index is -0.256. The van der Waals surface area contributed by atoms with Gasteiger partial charge >= 0.3 is 0 Å². The number of aliphatic hydroxyl groups excluding tert-OH is 2. The van der Waals surface area contributed by atoms with Crippen LogP contribution in [0.4, 0.5) is 4.39 Å². The van der Waals surface area contributed by atoms with Crippen molar-refractivity contribution >= 4 is 0 Å². The second-order valence-electron chi connectivity index (χ2n) is 5.40. The van der Waals surface area contributed by atoms with E-state index < -0.39 is 0 Å². The maximum atomic E-state index is 14.1. The molecule has 1 aliphatic rings. The summed E-state index contributed by atoms with van der Waals surface area (Å²) in [5.74, 6) is 4.97. The summed E-state index contributed by atoms with van der Waals surface area (Å²) >= 11 is 0. The van der Waals surface area contributed by atoms with Gasteiger partial charge in [0, 0.05) is 30.3 Å². The van der Waals surface area contributed by atoms with Crippen LogP contribution < -0.4 is 0 Å². The molecule has 1 saturated heterocycles. The topological polar surface area (TPSA) is 43.7 Å². The molecule has 1 heterocycles. The SMILES string of the molecule is OCC#Cc1ccc(CN2CCCCC2CCO)c(F)c1. The zero-order chi connectivity index (χ0) is 15.1. The molecule has 0 radical (unpaired) electrons. The van der Waals surface area contributed by atoms with Crippen molar-refractivity contribution in [3.63, 3.8) is 0 Å². The summed E-state index contributed by atoms with van der Waals surface area (Å²) in [5, 5.41) is 17.8. The van der Waals surface area contributed by atoms with Gasteiger partial charge in [-0.25, -0.2) is 4.39 Å². The van der Waals surface area contributed by atoms with Crippen LogP contribution >= 0.6 is 0 Å². The predicted molar refractivity (Wildman–Crippen MR) is 80.1 cm³/mol. The molecule has 3 nitrogen and oxygen atoms in total. The summed E-state index contributed by atoms with van der Waals surface area (Å²) in [7, 11) is 0. The number of nitrogens with zero attached hydrogens (tertiary/aromatic N) is 1. The molecule has 1 atom stereocenters. The minimum absolute atomic E-state index is 0.180. The highest BCUT2D eigenvalue weighted by molar-refractivity contribution is 5.37. The Labute approximate surface area is 125 Å². The molecule has 0 aromatic heterocycles. The van der Waals surface area contributed by atoms with Gasteiger partial charge in [-0.1, -0.05) is 24.3 Å². The van der Waals surface area contributed by atoms with Gasteiger partial charge in [-0.15, -0.1) is 0 Å². The Bertz CT molecular complexity index is 519. The number of halogens is 1. The molecule has 1 fully saturated rings. The Morgan fingerprint density at radius 1 is 1.29 bits per heavy atom. The molecule has 2 N–H and O–H groups in total. The summed E-state index contributed by atoms with van der Waals surface area (Å²) in [6, 6.07) is 5.31. The number of hydrogen-bond donors (Lipinski definition) is 2. The van der Waals surface area contributed by atoms with Gasteiger partial charge in [-0.3, -0.25) is 4.90 Å². The van der Waals surface area contributed by atoms with Gasteiger partial charge in [-0.05, 0) is 37.9 Å².